The van der Waals surface area contributed by atoms with Crippen molar-refractivity contribution in [2.24, 2.45) is 0 Å². The molecule has 0 atom stereocenters. The predicted octanol–water partition coefficient (Wildman–Crippen LogP) is 2.92. The Hall–Kier alpha value is -0.840. The fourth-order valence-corrected chi connectivity index (χ4v) is 3.41. The van der Waals surface area contributed by atoms with Gasteiger partial charge >= 0.3 is 0 Å². The predicted molar refractivity (Wildman–Crippen MR) is 83.1 cm³/mol. The van der Waals surface area contributed by atoms with Gasteiger partial charge in [0.15, 0.2) is 0 Å². The number of nitrogens with one attached hydrogen (secondary N) is 1. The molecule has 1 aromatic heterocycles. The van der Waals surface area contributed by atoms with E-state index in [2.05, 4.69) is 50.0 Å². The molecule has 0 radical (unpaired) electrons. The fraction of sp³-hybridized carbons (Fsp3) is 0.765. The van der Waals surface area contributed by atoms with Gasteiger partial charge in [0.2, 0.25) is 0 Å². The highest BCUT2D eigenvalue weighted by Crippen LogP contribution is 2.29. The summed E-state index contributed by atoms with van der Waals surface area (Å²) in [5.41, 5.74) is -0.213. The summed E-state index contributed by atoms with van der Waals surface area (Å²) in [6.07, 6.45) is 2.62. The first-order valence-electron chi connectivity index (χ1n) is 8.05. The van der Waals surface area contributed by atoms with Crippen LogP contribution in [0.1, 0.15) is 52.1 Å². The van der Waals surface area contributed by atoms with Gasteiger partial charge in [0.05, 0.1) is 24.3 Å². The van der Waals surface area contributed by atoms with E-state index in [0.29, 0.717) is 0 Å². The zero-order valence-corrected chi connectivity index (χ0v) is 13.7. The highest BCUT2D eigenvalue weighted by atomic mass is 16.5. The Morgan fingerprint density at radius 2 is 1.71 bits per heavy atom. The van der Waals surface area contributed by atoms with Crippen molar-refractivity contribution in [1.29, 1.82) is 0 Å². The molecule has 0 unspecified atom stereocenters. The Balaban J connectivity index is 1.57. The van der Waals surface area contributed by atoms with Crippen LogP contribution in [0.5, 0.6) is 0 Å². The van der Waals surface area contributed by atoms with Gasteiger partial charge in [-0.2, -0.15) is 0 Å². The molecule has 0 aromatic carbocycles. The van der Waals surface area contributed by atoms with E-state index in [1.54, 1.807) is 0 Å². The van der Waals surface area contributed by atoms with E-state index in [4.69, 9.17) is 9.15 Å². The number of nitrogens with zero attached hydrogens (tertiary/aromatic N) is 1. The van der Waals surface area contributed by atoms with E-state index in [-0.39, 0.29) is 11.2 Å². The van der Waals surface area contributed by atoms with Crippen molar-refractivity contribution in [2.75, 3.05) is 13.1 Å². The summed E-state index contributed by atoms with van der Waals surface area (Å²) in [6, 6.07) is 4.93. The van der Waals surface area contributed by atoms with Gasteiger partial charge in [-0.1, -0.05) is 0 Å². The quantitative estimate of drug-likeness (QED) is 0.905. The summed E-state index contributed by atoms with van der Waals surface area (Å²) < 4.78 is 12.1. The van der Waals surface area contributed by atoms with Gasteiger partial charge in [0.25, 0.3) is 0 Å². The molecule has 4 nitrogen and oxygen atoms in total. The number of hydrogen-bond donors (Lipinski definition) is 1. The van der Waals surface area contributed by atoms with E-state index < -0.39 is 0 Å². The lowest BCUT2D eigenvalue weighted by molar-refractivity contribution is -0.182. The highest BCUT2D eigenvalue weighted by molar-refractivity contribution is 5.08. The second-order valence-corrected chi connectivity index (χ2v) is 7.79. The lowest BCUT2D eigenvalue weighted by Crippen LogP contribution is -2.56. The Morgan fingerprint density at radius 1 is 1.10 bits per heavy atom. The molecule has 1 aliphatic heterocycles. The Labute approximate surface area is 127 Å². The third-order valence-electron chi connectivity index (χ3n) is 4.00. The second kappa shape index (κ2) is 5.41. The molecule has 1 aliphatic carbocycles. The summed E-state index contributed by atoms with van der Waals surface area (Å²) in [5.74, 6) is 2.10. The minimum Gasteiger partial charge on any atom is -0.463 e. The van der Waals surface area contributed by atoms with Crippen LogP contribution in [-0.2, 0) is 17.8 Å². The van der Waals surface area contributed by atoms with Crippen molar-refractivity contribution in [3.63, 3.8) is 0 Å². The van der Waals surface area contributed by atoms with Gasteiger partial charge in [-0.3, -0.25) is 4.90 Å². The molecule has 1 aromatic rings. The topological polar surface area (TPSA) is 37.6 Å². The molecule has 1 N–H and O–H groups in total. The molecule has 2 aliphatic rings. The normalized spacial score (nSPS) is 25.1. The molecule has 4 heteroatoms. The molecule has 118 valence electrons. The molecular formula is C17H28N2O2. The molecule has 21 heavy (non-hydrogen) atoms. The van der Waals surface area contributed by atoms with Crippen molar-refractivity contribution in [3.05, 3.63) is 23.7 Å². The van der Waals surface area contributed by atoms with Crippen molar-refractivity contribution < 1.29 is 9.15 Å². The molecule has 0 amide bonds. The smallest absolute Gasteiger partial charge is 0.118 e. The summed E-state index contributed by atoms with van der Waals surface area (Å²) in [5, 5.41) is 3.49. The van der Waals surface area contributed by atoms with Crippen molar-refractivity contribution >= 4 is 0 Å². The van der Waals surface area contributed by atoms with Crippen LogP contribution in [0.4, 0.5) is 0 Å². The second-order valence-electron chi connectivity index (χ2n) is 7.79. The third kappa shape index (κ3) is 4.31. The first-order chi connectivity index (χ1) is 9.81. The molecular weight excluding hydrogens is 264 g/mol. The Kier molecular flexibility index (Phi) is 3.89. The van der Waals surface area contributed by atoms with Crippen molar-refractivity contribution in [1.82, 2.24) is 10.2 Å². The standard InChI is InChI=1S/C17H28N2O2/c1-16(2)11-19(12-17(3,4)21-16)10-15-8-7-14(20-15)9-18-13-5-6-13/h7-8,13,18H,5-6,9-12H2,1-4H3. The number of ether oxygens (including phenoxy) is 1. The van der Waals surface area contributed by atoms with Crippen molar-refractivity contribution in [3.8, 4) is 0 Å². The zero-order chi connectivity index (χ0) is 15.1. The van der Waals surface area contributed by atoms with Gasteiger partial charge < -0.3 is 14.5 Å². The maximum absolute atomic E-state index is 6.12. The van der Waals surface area contributed by atoms with Crippen LogP contribution in [0, 0.1) is 0 Å². The largest absolute Gasteiger partial charge is 0.463 e. The molecule has 0 bridgehead atoms. The Morgan fingerprint density at radius 3 is 2.33 bits per heavy atom. The monoisotopic (exact) mass is 292 g/mol. The first-order valence-corrected chi connectivity index (χ1v) is 8.05. The van der Waals surface area contributed by atoms with E-state index in [1.807, 2.05) is 0 Å². The Bertz CT molecular complexity index is 473. The molecule has 1 saturated heterocycles. The zero-order valence-electron chi connectivity index (χ0n) is 13.7. The van der Waals surface area contributed by atoms with Crippen molar-refractivity contribution in [2.45, 2.75) is 70.9 Å². The minimum absolute atomic E-state index is 0.106. The summed E-state index contributed by atoms with van der Waals surface area (Å²) in [4.78, 5) is 2.43. The van der Waals surface area contributed by atoms with Crippen LogP contribution in [0.25, 0.3) is 0 Å². The summed E-state index contributed by atoms with van der Waals surface area (Å²) in [7, 11) is 0. The molecule has 1 saturated carbocycles. The summed E-state index contributed by atoms with van der Waals surface area (Å²) >= 11 is 0. The SMILES string of the molecule is CC1(C)CN(Cc2ccc(CNC3CC3)o2)CC(C)(C)O1. The number of furan rings is 1. The number of morpholine rings is 1. The number of rotatable bonds is 5. The van der Waals surface area contributed by atoms with E-state index in [0.717, 1.165) is 43.7 Å². The van der Waals surface area contributed by atoms with Gasteiger partial charge in [-0.15, -0.1) is 0 Å². The van der Waals surface area contributed by atoms with Crippen LogP contribution in [0.3, 0.4) is 0 Å². The van der Waals surface area contributed by atoms with Crippen LogP contribution < -0.4 is 5.32 Å². The average Bonchev–Trinajstić information content (AvgIpc) is 3.04. The molecule has 2 fully saturated rings. The van der Waals surface area contributed by atoms with Crippen LogP contribution in [0.15, 0.2) is 16.5 Å². The van der Waals surface area contributed by atoms with Crippen LogP contribution in [0.2, 0.25) is 0 Å². The van der Waals surface area contributed by atoms with Crippen LogP contribution >= 0.6 is 0 Å². The first kappa shape index (κ1) is 15.1. The lowest BCUT2D eigenvalue weighted by atomic mass is 9.99. The highest BCUT2D eigenvalue weighted by Gasteiger charge is 2.38. The van der Waals surface area contributed by atoms with E-state index in [9.17, 15) is 0 Å². The molecule has 2 heterocycles. The molecule has 0 spiro atoms. The number of hydrogen-bond acceptors (Lipinski definition) is 4. The van der Waals surface area contributed by atoms with Crippen LogP contribution in [-0.4, -0.2) is 35.2 Å². The van der Waals surface area contributed by atoms with Gasteiger partial charge in [0.1, 0.15) is 11.5 Å². The maximum Gasteiger partial charge on any atom is 0.118 e. The fourth-order valence-electron chi connectivity index (χ4n) is 3.41. The van der Waals surface area contributed by atoms with Gasteiger partial charge in [-0.05, 0) is 52.7 Å². The maximum atomic E-state index is 6.12. The average molecular weight is 292 g/mol. The lowest BCUT2D eigenvalue weighted by Gasteiger charge is -2.47. The van der Waals surface area contributed by atoms with Gasteiger partial charge in [0, 0.05) is 19.1 Å². The van der Waals surface area contributed by atoms with Gasteiger partial charge in [-0.25, -0.2) is 0 Å². The molecule has 3 rings (SSSR count). The summed E-state index contributed by atoms with van der Waals surface area (Å²) in [6.45, 7) is 12.2. The van der Waals surface area contributed by atoms with E-state index >= 15 is 0 Å². The minimum atomic E-state index is -0.106. The third-order valence-corrected chi connectivity index (χ3v) is 4.00. The van der Waals surface area contributed by atoms with E-state index in [1.165, 1.54) is 12.8 Å².